The van der Waals surface area contributed by atoms with Crippen LogP contribution in [-0.2, 0) is 6.42 Å². The van der Waals surface area contributed by atoms with Crippen LogP contribution in [0.3, 0.4) is 0 Å². The van der Waals surface area contributed by atoms with Crippen molar-refractivity contribution in [1.82, 2.24) is 5.32 Å². The fourth-order valence-electron chi connectivity index (χ4n) is 2.86. The number of rotatable bonds is 2. The van der Waals surface area contributed by atoms with Gasteiger partial charge in [0.1, 0.15) is 13.2 Å². The monoisotopic (exact) mass is 325 g/mol. The van der Waals surface area contributed by atoms with E-state index >= 15 is 0 Å². The standard InChI is InChI=1S/C15H20BrNO2/c1-10-11(8-12-4-2-3-5-17-12)9-13-15(14(10)16)19-7-6-18-13/h9,12,17H,2-8H2,1H3. The summed E-state index contributed by atoms with van der Waals surface area (Å²) in [6.45, 7) is 4.58. The minimum Gasteiger partial charge on any atom is -0.486 e. The van der Waals surface area contributed by atoms with Gasteiger partial charge in [-0.25, -0.2) is 0 Å². The predicted octanol–water partition coefficient (Wildman–Crippen LogP) is 3.21. The highest BCUT2D eigenvalue weighted by atomic mass is 79.9. The lowest BCUT2D eigenvalue weighted by Crippen LogP contribution is -2.35. The third-order valence-electron chi connectivity index (χ3n) is 4.01. The van der Waals surface area contributed by atoms with E-state index in [2.05, 4.69) is 34.2 Å². The first kappa shape index (κ1) is 13.3. The molecule has 3 nitrogen and oxygen atoms in total. The second-order valence-corrected chi connectivity index (χ2v) is 6.14. The number of piperidine rings is 1. The molecule has 1 atom stereocenters. The van der Waals surface area contributed by atoms with Crippen molar-refractivity contribution < 1.29 is 9.47 Å². The van der Waals surface area contributed by atoms with Gasteiger partial charge < -0.3 is 14.8 Å². The molecule has 1 aromatic carbocycles. The number of hydrogen-bond acceptors (Lipinski definition) is 3. The summed E-state index contributed by atoms with van der Waals surface area (Å²) in [7, 11) is 0. The number of halogens is 1. The molecule has 0 aromatic heterocycles. The molecule has 0 bridgehead atoms. The zero-order chi connectivity index (χ0) is 13.2. The average molecular weight is 326 g/mol. The number of benzene rings is 1. The van der Waals surface area contributed by atoms with Crippen molar-refractivity contribution in [3.8, 4) is 11.5 Å². The van der Waals surface area contributed by atoms with E-state index in [1.165, 1.54) is 30.4 Å². The third-order valence-corrected chi connectivity index (χ3v) is 4.96. The molecule has 104 valence electrons. The van der Waals surface area contributed by atoms with Gasteiger partial charge in [-0.2, -0.15) is 0 Å². The summed E-state index contributed by atoms with van der Waals surface area (Å²) in [5, 5.41) is 3.61. The van der Waals surface area contributed by atoms with E-state index in [1.807, 2.05) is 0 Å². The first-order valence-corrected chi connectivity index (χ1v) is 7.86. The van der Waals surface area contributed by atoms with Gasteiger partial charge >= 0.3 is 0 Å². The molecule has 4 heteroatoms. The van der Waals surface area contributed by atoms with Crippen LogP contribution in [0.1, 0.15) is 30.4 Å². The first-order chi connectivity index (χ1) is 9.25. The summed E-state index contributed by atoms with van der Waals surface area (Å²) in [6.07, 6.45) is 4.98. The number of hydrogen-bond donors (Lipinski definition) is 1. The molecule has 2 aliphatic rings. The molecule has 2 heterocycles. The smallest absolute Gasteiger partial charge is 0.175 e. The van der Waals surface area contributed by atoms with Gasteiger partial charge in [-0.15, -0.1) is 0 Å². The van der Waals surface area contributed by atoms with Crippen molar-refractivity contribution in [3.05, 3.63) is 21.7 Å². The molecule has 1 unspecified atom stereocenters. The third kappa shape index (κ3) is 2.75. The van der Waals surface area contributed by atoms with Crippen LogP contribution in [0.4, 0.5) is 0 Å². The van der Waals surface area contributed by atoms with Gasteiger partial charge in [-0.1, -0.05) is 6.42 Å². The minimum absolute atomic E-state index is 0.599. The maximum absolute atomic E-state index is 5.71. The second-order valence-electron chi connectivity index (χ2n) is 5.35. The Morgan fingerprint density at radius 2 is 2.16 bits per heavy atom. The number of ether oxygens (including phenoxy) is 2. The van der Waals surface area contributed by atoms with Crippen molar-refractivity contribution in [2.45, 2.75) is 38.6 Å². The van der Waals surface area contributed by atoms with Gasteiger partial charge in [0, 0.05) is 6.04 Å². The Hall–Kier alpha value is -0.740. The normalized spacial score (nSPS) is 22.3. The lowest BCUT2D eigenvalue weighted by Gasteiger charge is -2.26. The summed E-state index contributed by atoms with van der Waals surface area (Å²) in [4.78, 5) is 0. The number of fused-ring (bicyclic) bond motifs is 1. The van der Waals surface area contributed by atoms with Gasteiger partial charge in [-0.3, -0.25) is 0 Å². The topological polar surface area (TPSA) is 30.5 Å². The quantitative estimate of drug-likeness (QED) is 0.905. The molecule has 0 radical (unpaired) electrons. The van der Waals surface area contributed by atoms with Crippen molar-refractivity contribution >= 4 is 15.9 Å². The van der Waals surface area contributed by atoms with E-state index in [0.717, 1.165) is 28.9 Å². The molecule has 2 aliphatic heterocycles. The summed E-state index contributed by atoms with van der Waals surface area (Å²) in [6, 6.07) is 2.76. The Morgan fingerprint density at radius 1 is 1.32 bits per heavy atom. The number of nitrogens with one attached hydrogen (secondary N) is 1. The van der Waals surface area contributed by atoms with Crippen LogP contribution >= 0.6 is 15.9 Å². The molecule has 19 heavy (non-hydrogen) atoms. The van der Waals surface area contributed by atoms with Gasteiger partial charge in [0.2, 0.25) is 0 Å². The zero-order valence-electron chi connectivity index (χ0n) is 11.3. The highest BCUT2D eigenvalue weighted by Gasteiger charge is 2.21. The fourth-order valence-corrected chi connectivity index (χ4v) is 3.43. The average Bonchev–Trinajstić information content (AvgIpc) is 2.46. The van der Waals surface area contributed by atoms with Crippen molar-refractivity contribution in [3.63, 3.8) is 0 Å². The largest absolute Gasteiger partial charge is 0.486 e. The SMILES string of the molecule is Cc1c(CC2CCCCN2)cc2c(c1Br)OCCO2. The van der Waals surface area contributed by atoms with Crippen LogP contribution in [0, 0.1) is 6.92 Å². The molecule has 1 aromatic rings. The molecule has 1 N–H and O–H groups in total. The van der Waals surface area contributed by atoms with Gasteiger partial charge in [0.15, 0.2) is 11.5 Å². The van der Waals surface area contributed by atoms with Crippen LogP contribution in [0.2, 0.25) is 0 Å². The first-order valence-electron chi connectivity index (χ1n) is 7.06. The molecule has 0 saturated carbocycles. The van der Waals surface area contributed by atoms with Gasteiger partial charge in [0.25, 0.3) is 0 Å². The van der Waals surface area contributed by atoms with Gasteiger partial charge in [0.05, 0.1) is 4.47 Å². The summed E-state index contributed by atoms with van der Waals surface area (Å²) in [5.41, 5.74) is 2.63. The maximum atomic E-state index is 5.71. The molecular formula is C15H20BrNO2. The van der Waals surface area contributed by atoms with Crippen LogP contribution in [0.5, 0.6) is 11.5 Å². The van der Waals surface area contributed by atoms with E-state index in [-0.39, 0.29) is 0 Å². The van der Waals surface area contributed by atoms with Crippen molar-refractivity contribution in [2.24, 2.45) is 0 Å². The second kappa shape index (κ2) is 5.71. The Kier molecular flexibility index (Phi) is 3.99. The van der Waals surface area contributed by atoms with Crippen LogP contribution in [0.25, 0.3) is 0 Å². The Balaban J connectivity index is 1.86. The summed E-state index contributed by atoms with van der Waals surface area (Å²) >= 11 is 3.66. The Labute approximate surface area is 122 Å². The molecule has 0 aliphatic carbocycles. The Bertz CT molecular complexity index is 470. The molecule has 1 fully saturated rings. The van der Waals surface area contributed by atoms with Crippen molar-refractivity contribution in [2.75, 3.05) is 19.8 Å². The van der Waals surface area contributed by atoms with Crippen LogP contribution in [0.15, 0.2) is 10.5 Å². The zero-order valence-corrected chi connectivity index (χ0v) is 12.9. The molecule has 0 spiro atoms. The Morgan fingerprint density at radius 3 is 2.95 bits per heavy atom. The predicted molar refractivity (Wildman–Crippen MR) is 79.2 cm³/mol. The van der Waals surface area contributed by atoms with Crippen LogP contribution in [-0.4, -0.2) is 25.8 Å². The van der Waals surface area contributed by atoms with E-state index in [0.29, 0.717) is 19.3 Å². The molecule has 1 saturated heterocycles. The summed E-state index contributed by atoms with van der Waals surface area (Å²) < 4.78 is 12.5. The fraction of sp³-hybridized carbons (Fsp3) is 0.600. The van der Waals surface area contributed by atoms with Crippen molar-refractivity contribution in [1.29, 1.82) is 0 Å². The molecule has 3 rings (SSSR count). The van der Waals surface area contributed by atoms with Crippen LogP contribution < -0.4 is 14.8 Å². The highest BCUT2D eigenvalue weighted by Crippen LogP contribution is 2.41. The molecular weight excluding hydrogens is 306 g/mol. The van der Waals surface area contributed by atoms with E-state index in [4.69, 9.17) is 9.47 Å². The maximum Gasteiger partial charge on any atom is 0.175 e. The summed E-state index contributed by atoms with van der Waals surface area (Å²) in [5.74, 6) is 1.75. The van der Waals surface area contributed by atoms with E-state index < -0.39 is 0 Å². The molecule has 0 amide bonds. The van der Waals surface area contributed by atoms with E-state index in [9.17, 15) is 0 Å². The van der Waals surface area contributed by atoms with Gasteiger partial charge in [-0.05, 0) is 65.9 Å². The minimum atomic E-state index is 0.599. The highest BCUT2D eigenvalue weighted by molar-refractivity contribution is 9.10. The lowest BCUT2D eigenvalue weighted by molar-refractivity contribution is 0.170. The lowest BCUT2D eigenvalue weighted by atomic mass is 9.95. The van der Waals surface area contributed by atoms with E-state index in [1.54, 1.807) is 0 Å².